The molecule has 0 aromatic carbocycles. The van der Waals surface area contributed by atoms with Crippen LogP contribution < -0.4 is 11.5 Å². The Morgan fingerprint density at radius 1 is 0.700 bits per heavy atom. The van der Waals surface area contributed by atoms with Gasteiger partial charge in [0, 0.05) is 39.3 Å². The maximum Gasteiger partial charge on any atom is 0.339 e. The van der Waals surface area contributed by atoms with Crippen LogP contribution in [-0.2, 0) is 9.13 Å². The minimum atomic E-state index is -4.19. The molecule has 0 aliphatic rings. The summed E-state index contributed by atoms with van der Waals surface area (Å²) >= 11 is 0. The van der Waals surface area contributed by atoms with Gasteiger partial charge in [0.15, 0.2) is 0 Å². The van der Waals surface area contributed by atoms with Crippen molar-refractivity contribution in [2.45, 2.75) is 0 Å². The predicted octanol–water partition coefficient (Wildman–Crippen LogP) is -2.22. The fraction of sp³-hybridized carbons (Fsp3) is 1.00. The van der Waals surface area contributed by atoms with Gasteiger partial charge >= 0.3 is 15.2 Å². The van der Waals surface area contributed by atoms with E-state index in [0.717, 1.165) is 0 Å². The van der Waals surface area contributed by atoms with Gasteiger partial charge in [-0.1, -0.05) is 0 Å². The first kappa shape index (κ1) is 20.1. The number of hydrogen-bond donors (Lipinski definition) is 6. The SMILES string of the molecule is NCCN(CCN(CCN)CP(=O)(O)O)CP(=O)(O)O. The lowest BCUT2D eigenvalue weighted by Gasteiger charge is -2.27. The topological polar surface area (TPSA) is 174 Å². The molecule has 0 atom stereocenters. The van der Waals surface area contributed by atoms with Crippen LogP contribution in [0.25, 0.3) is 0 Å². The summed E-state index contributed by atoms with van der Waals surface area (Å²) in [6.45, 7) is 1.52. The van der Waals surface area contributed by atoms with Crippen molar-refractivity contribution >= 4 is 15.2 Å². The lowest BCUT2D eigenvalue weighted by molar-refractivity contribution is 0.222. The molecule has 0 bridgehead atoms. The van der Waals surface area contributed by atoms with Crippen LogP contribution in [0.3, 0.4) is 0 Å². The molecular formula is C8H24N4O6P2. The zero-order valence-corrected chi connectivity index (χ0v) is 13.0. The van der Waals surface area contributed by atoms with Crippen LogP contribution in [0.2, 0.25) is 0 Å². The Balaban J connectivity index is 4.46. The summed E-state index contributed by atoms with van der Waals surface area (Å²) < 4.78 is 21.9. The highest BCUT2D eigenvalue weighted by atomic mass is 31.2. The van der Waals surface area contributed by atoms with E-state index >= 15 is 0 Å². The van der Waals surface area contributed by atoms with Gasteiger partial charge in [0.2, 0.25) is 0 Å². The second kappa shape index (κ2) is 9.22. The van der Waals surface area contributed by atoms with Gasteiger partial charge in [-0.25, -0.2) is 0 Å². The van der Waals surface area contributed by atoms with Crippen molar-refractivity contribution in [3.05, 3.63) is 0 Å². The van der Waals surface area contributed by atoms with Crippen molar-refractivity contribution in [3.63, 3.8) is 0 Å². The largest absolute Gasteiger partial charge is 0.339 e. The Kier molecular flexibility index (Phi) is 9.28. The maximum absolute atomic E-state index is 11.0. The summed E-state index contributed by atoms with van der Waals surface area (Å²) in [6, 6.07) is 0. The van der Waals surface area contributed by atoms with Gasteiger partial charge in [0.05, 0.1) is 0 Å². The summed E-state index contributed by atoms with van der Waals surface area (Å²) in [5.41, 5.74) is 10.7. The minimum Gasteiger partial charge on any atom is -0.329 e. The molecule has 0 fully saturated rings. The van der Waals surface area contributed by atoms with Crippen LogP contribution in [0.4, 0.5) is 0 Å². The summed E-state index contributed by atoms with van der Waals surface area (Å²) in [4.78, 5) is 38.7. The van der Waals surface area contributed by atoms with E-state index in [0.29, 0.717) is 0 Å². The lowest BCUT2D eigenvalue weighted by atomic mass is 10.4. The third-order valence-corrected chi connectivity index (χ3v) is 3.93. The minimum absolute atomic E-state index is 0.232. The number of nitrogens with two attached hydrogens (primary N) is 2. The van der Waals surface area contributed by atoms with Gasteiger partial charge in [-0.05, 0) is 0 Å². The monoisotopic (exact) mass is 334 g/mol. The third-order valence-electron chi connectivity index (χ3n) is 2.39. The second-order valence-electron chi connectivity index (χ2n) is 4.43. The van der Waals surface area contributed by atoms with Gasteiger partial charge in [-0.15, -0.1) is 0 Å². The van der Waals surface area contributed by atoms with E-state index in [1.165, 1.54) is 9.80 Å². The fourth-order valence-corrected chi connectivity index (χ4v) is 3.28. The Morgan fingerprint density at radius 2 is 1.00 bits per heavy atom. The zero-order valence-electron chi connectivity index (χ0n) is 11.2. The smallest absolute Gasteiger partial charge is 0.329 e. The average Bonchev–Trinajstić information content (AvgIpc) is 2.22. The Labute approximate surface area is 118 Å². The zero-order chi connectivity index (χ0) is 15.8. The Morgan fingerprint density at radius 3 is 1.20 bits per heavy atom. The summed E-state index contributed by atoms with van der Waals surface area (Å²) in [7, 11) is -8.39. The van der Waals surface area contributed by atoms with Crippen molar-refractivity contribution in [3.8, 4) is 0 Å². The molecule has 0 aliphatic heterocycles. The second-order valence-corrected chi connectivity index (χ2v) is 7.65. The van der Waals surface area contributed by atoms with Gasteiger partial charge in [-0.3, -0.25) is 18.9 Å². The molecule has 0 radical (unpaired) electrons. The van der Waals surface area contributed by atoms with E-state index in [1.54, 1.807) is 0 Å². The van der Waals surface area contributed by atoms with Crippen LogP contribution in [0.5, 0.6) is 0 Å². The van der Waals surface area contributed by atoms with Gasteiger partial charge in [0.1, 0.15) is 12.6 Å². The molecule has 0 saturated heterocycles. The molecule has 0 rings (SSSR count). The molecule has 0 saturated carbocycles. The molecule has 0 amide bonds. The van der Waals surface area contributed by atoms with Gasteiger partial charge in [-0.2, -0.15) is 0 Å². The Hall–Kier alpha value is 0.140. The van der Waals surface area contributed by atoms with Crippen molar-refractivity contribution in [1.29, 1.82) is 0 Å². The first-order chi connectivity index (χ1) is 9.07. The number of rotatable bonds is 11. The highest BCUT2D eigenvalue weighted by molar-refractivity contribution is 7.51. The van der Waals surface area contributed by atoms with Crippen molar-refractivity contribution in [1.82, 2.24) is 9.80 Å². The highest BCUT2D eigenvalue weighted by Crippen LogP contribution is 2.36. The normalized spacial score (nSPS) is 13.4. The van der Waals surface area contributed by atoms with Crippen LogP contribution in [0.15, 0.2) is 0 Å². The van der Waals surface area contributed by atoms with Crippen molar-refractivity contribution < 1.29 is 28.7 Å². The number of nitrogens with zero attached hydrogens (tertiary/aromatic N) is 2. The average molecular weight is 334 g/mol. The van der Waals surface area contributed by atoms with Crippen LogP contribution in [0, 0.1) is 0 Å². The molecule has 0 aromatic rings. The molecule has 12 heteroatoms. The molecule has 0 heterocycles. The maximum atomic E-state index is 11.0. The molecule has 10 nitrogen and oxygen atoms in total. The van der Waals surface area contributed by atoms with Gasteiger partial charge in [0.25, 0.3) is 0 Å². The van der Waals surface area contributed by atoms with E-state index in [4.69, 9.17) is 31.0 Å². The molecule has 0 aromatic heterocycles. The lowest BCUT2D eigenvalue weighted by Crippen LogP contribution is -2.40. The first-order valence-electron chi connectivity index (χ1n) is 6.01. The molecular weight excluding hydrogens is 310 g/mol. The molecule has 0 spiro atoms. The van der Waals surface area contributed by atoms with E-state index in [9.17, 15) is 9.13 Å². The van der Waals surface area contributed by atoms with Crippen molar-refractivity contribution in [2.24, 2.45) is 11.5 Å². The molecule has 8 N–H and O–H groups in total. The Bertz CT molecular complexity index is 325. The first-order valence-corrected chi connectivity index (χ1v) is 9.61. The summed E-state index contributed by atoms with van der Waals surface area (Å²) in [5.74, 6) is 0. The fourth-order valence-electron chi connectivity index (χ4n) is 1.68. The third kappa shape index (κ3) is 11.9. The van der Waals surface area contributed by atoms with Crippen LogP contribution >= 0.6 is 15.2 Å². The quantitative estimate of drug-likeness (QED) is 0.227. The summed E-state index contributed by atoms with van der Waals surface area (Å²) in [5, 5.41) is 0. The van der Waals surface area contributed by atoms with Crippen LogP contribution in [0.1, 0.15) is 0 Å². The molecule has 20 heavy (non-hydrogen) atoms. The molecule has 122 valence electrons. The van der Waals surface area contributed by atoms with E-state index in [1.807, 2.05) is 0 Å². The summed E-state index contributed by atoms with van der Waals surface area (Å²) in [6.07, 6.45) is -0.868. The van der Waals surface area contributed by atoms with Crippen molar-refractivity contribution in [2.75, 3.05) is 51.8 Å². The standard InChI is InChI=1S/C8H24N4O6P2/c9-1-3-11(7-19(13,14)15)5-6-12(4-2-10)8-20(16,17)18/h1-10H2,(H2,13,14,15)(H2,16,17,18). The highest BCUT2D eigenvalue weighted by Gasteiger charge is 2.22. The van der Waals surface area contributed by atoms with E-state index in [2.05, 4.69) is 0 Å². The van der Waals surface area contributed by atoms with Gasteiger partial charge < -0.3 is 31.0 Å². The predicted molar refractivity (Wildman–Crippen MR) is 75.1 cm³/mol. The number of hydrogen-bond acceptors (Lipinski definition) is 6. The van der Waals surface area contributed by atoms with E-state index < -0.39 is 27.8 Å². The molecule has 0 aliphatic carbocycles. The van der Waals surface area contributed by atoms with Crippen LogP contribution in [-0.4, -0.2) is 81.2 Å². The van der Waals surface area contributed by atoms with E-state index in [-0.39, 0.29) is 39.3 Å². The molecule has 0 unspecified atom stereocenters.